The number of rotatable bonds is 3. The molecule has 0 spiro atoms. The molecule has 1 heterocycles. The maximum absolute atomic E-state index is 11.0. The first-order chi connectivity index (χ1) is 9.66. The number of nitrogens with zero attached hydrogens (tertiary/aromatic N) is 1. The second kappa shape index (κ2) is 4.74. The lowest BCUT2D eigenvalue weighted by molar-refractivity contribution is 0.0697. The number of para-hydroxylation sites is 1. The van der Waals surface area contributed by atoms with Crippen LogP contribution in [0.1, 0.15) is 10.4 Å². The quantitative estimate of drug-likeness (QED) is 0.782. The summed E-state index contributed by atoms with van der Waals surface area (Å²) in [5.74, 6) is -0.933. The highest BCUT2D eigenvalue weighted by molar-refractivity contribution is 5.94. The monoisotopic (exact) mass is 267 g/mol. The van der Waals surface area contributed by atoms with Gasteiger partial charge in [-0.1, -0.05) is 18.2 Å². The van der Waals surface area contributed by atoms with Gasteiger partial charge < -0.3 is 14.4 Å². The standard InChI is InChI=1S/C16H13NO3/c1-17(12-6-4-5-11(9-12)16(18)19)14-10-20-15-8-3-2-7-13(14)15/h2-10H,1H3,(H,18,19). The molecule has 0 radical (unpaired) electrons. The number of fused-ring (bicyclic) bond motifs is 1. The largest absolute Gasteiger partial charge is 0.478 e. The zero-order valence-electron chi connectivity index (χ0n) is 10.9. The molecule has 20 heavy (non-hydrogen) atoms. The molecular formula is C16H13NO3. The fourth-order valence-electron chi connectivity index (χ4n) is 2.21. The van der Waals surface area contributed by atoms with Crippen LogP contribution in [0.5, 0.6) is 0 Å². The van der Waals surface area contributed by atoms with Gasteiger partial charge in [0.2, 0.25) is 0 Å². The van der Waals surface area contributed by atoms with Gasteiger partial charge in [0.25, 0.3) is 0 Å². The van der Waals surface area contributed by atoms with Gasteiger partial charge in [0.15, 0.2) is 0 Å². The van der Waals surface area contributed by atoms with Crippen molar-refractivity contribution >= 4 is 28.3 Å². The third-order valence-electron chi connectivity index (χ3n) is 3.30. The zero-order chi connectivity index (χ0) is 14.1. The van der Waals surface area contributed by atoms with Gasteiger partial charge in [0.1, 0.15) is 11.8 Å². The van der Waals surface area contributed by atoms with Crippen LogP contribution in [0.3, 0.4) is 0 Å². The summed E-state index contributed by atoms with van der Waals surface area (Å²) < 4.78 is 5.51. The summed E-state index contributed by atoms with van der Waals surface area (Å²) in [7, 11) is 1.89. The number of carboxylic acid groups (broad SMARTS) is 1. The second-order valence-electron chi connectivity index (χ2n) is 4.53. The second-order valence-corrected chi connectivity index (χ2v) is 4.53. The minimum Gasteiger partial charge on any atom is -0.478 e. The van der Waals surface area contributed by atoms with Gasteiger partial charge in [0.05, 0.1) is 11.3 Å². The van der Waals surface area contributed by atoms with Crippen LogP contribution in [0.4, 0.5) is 11.4 Å². The number of furan rings is 1. The van der Waals surface area contributed by atoms with Crippen molar-refractivity contribution in [1.82, 2.24) is 0 Å². The van der Waals surface area contributed by atoms with E-state index in [1.54, 1.807) is 24.5 Å². The Morgan fingerprint density at radius 1 is 1.15 bits per heavy atom. The van der Waals surface area contributed by atoms with E-state index in [0.29, 0.717) is 0 Å². The van der Waals surface area contributed by atoms with Gasteiger partial charge in [-0.3, -0.25) is 0 Å². The molecular weight excluding hydrogens is 254 g/mol. The van der Waals surface area contributed by atoms with Crippen molar-refractivity contribution in [3.8, 4) is 0 Å². The molecule has 100 valence electrons. The topological polar surface area (TPSA) is 53.7 Å². The van der Waals surface area contributed by atoms with Crippen LogP contribution in [0, 0.1) is 0 Å². The normalized spacial score (nSPS) is 10.7. The Hall–Kier alpha value is -2.75. The Morgan fingerprint density at radius 2 is 1.95 bits per heavy atom. The molecule has 0 aliphatic carbocycles. The predicted octanol–water partition coefficient (Wildman–Crippen LogP) is 3.90. The van der Waals surface area contributed by atoms with E-state index in [1.807, 2.05) is 42.3 Å². The highest BCUT2D eigenvalue weighted by Gasteiger charge is 2.12. The van der Waals surface area contributed by atoms with E-state index >= 15 is 0 Å². The first-order valence-electron chi connectivity index (χ1n) is 6.20. The first-order valence-corrected chi connectivity index (χ1v) is 6.20. The van der Waals surface area contributed by atoms with E-state index < -0.39 is 5.97 Å². The van der Waals surface area contributed by atoms with Crippen molar-refractivity contribution in [2.24, 2.45) is 0 Å². The zero-order valence-corrected chi connectivity index (χ0v) is 10.9. The summed E-state index contributed by atoms with van der Waals surface area (Å²) in [5.41, 5.74) is 2.78. The molecule has 0 aliphatic heterocycles. The molecule has 4 heteroatoms. The van der Waals surface area contributed by atoms with Gasteiger partial charge >= 0.3 is 5.97 Å². The third-order valence-corrected chi connectivity index (χ3v) is 3.30. The van der Waals surface area contributed by atoms with Crippen LogP contribution >= 0.6 is 0 Å². The molecule has 3 rings (SSSR count). The molecule has 3 aromatic rings. The lowest BCUT2D eigenvalue weighted by Gasteiger charge is -2.18. The molecule has 0 saturated carbocycles. The van der Waals surface area contributed by atoms with Gasteiger partial charge in [-0.25, -0.2) is 4.79 Å². The van der Waals surface area contributed by atoms with Crippen LogP contribution in [0.25, 0.3) is 11.0 Å². The molecule has 4 nitrogen and oxygen atoms in total. The fourth-order valence-corrected chi connectivity index (χ4v) is 2.21. The van der Waals surface area contributed by atoms with Crippen LogP contribution in [-0.2, 0) is 0 Å². The molecule has 0 aliphatic rings. The summed E-state index contributed by atoms with van der Waals surface area (Å²) in [4.78, 5) is 13.0. The molecule has 0 bridgehead atoms. The highest BCUT2D eigenvalue weighted by atomic mass is 16.4. The smallest absolute Gasteiger partial charge is 0.335 e. The van der Waals surface area contributed by atoms with Gasteiger partial charge in [-0.15, -0.1) is 0 Å². The fraction of sp³-hybridized carbons (Fsp3) is 0.0625. The molecule has 0 unspecified atom stereocenters. The molecule has 0 atom stereocenters. The number of hydrogen-bond acceptors (Lipinski definition) is 3. The predicted molar refractivity (Wildman–Crippen MR) is 77.7 cm³/mol. The maximum Gasteiger partial charge on any atom is 0.335 e. The summed E-state index contributed by atoms with van der Waals surface area (Å²) in [6.45, 7) is 0. The number of benzene rings is 2. The summed E-state index contributed by atoms with van der Waals surface area (Å²) >= 11 is 0. The van der Waals surface area contributed by atoms with E-state index in [0.717, 1.165) is 22.3 Å². The lowest BCUT2D eigenvalue weighted by Crippen LogP contribution is -2.09. The lowest BCUT2D eigenvalue weighted by atomic mass is 10.1. The number of hydrogen-bond donors (Lipinski definition) is 1. The van der Waals surface area contributed by atoms with Crippen LogP contribution in [0.2, 0.25) is 0 Å². The van der Waals surface area contributed by atoms with E-state index in [1.165, 1.54) is 0 Å². The maximum atomic E-state index is 11.0. The Morgan fingerprint density at radius 3 is 2.75 bits per heavy atom. The molecule has 2 aromatic carbocycles. The number of aromatic carboxylic acids is 1. The van der Waals surface area contributed by atoms with Crippen molar-refractivity contribution < 1.29 is 14.3 Å². The number of anilines is 2. The van der Waals surface area contributed by atoms with Crippen LogP contribution < -0.4 is 4.90 Å². The van der Waals surface area contributed by atoms with Gasteiger partial charge in [-0.05, 0) is 30.3 Å². The Balaban J connectivity index is 2.06. The third kappa shape index (κ3) is 2.01. The Kier molecular flexibility index (Phi) is 2.91. The summed E-state index contributed by atoms with van der Waals surface area (Å²) in [6.07, 6.45) is 1.68. The van der Waals surface area contributed by atoms with Crippen LogP contribution in [-0.4, -0.2) is 18.1 Å². The molecule has 1 aromatic heterocycles. The number of carbonyl (C=O) groups is 1. The summed E-state index contributed by atoms with van der Waals surface area (Å²) in [5, 5.41) is 10.1. The van der Waals surface area contributed by atoms with Gasteiger partial charge in [0, 0.05) is 18.1 Å². The number of carboxylic acids is 1. The van der Waals surface area contributed by atoms with Crippen LogP contribution in [0.15, 0.2) is 59.2 Å². The summed E-state index contributed by atoms with van der Waals surface area (Å²) in [6, 6.07) is 14.6. The molecule has 0 saturated heterocycles. The van der Waals surface area contributed by atoms with Crippen molar-refractivity contribution in [2.45, 2.75) is 0 Å². The molecule has 0 fully saturated rings. The first kappa shape index (κ1) is 12.3. The molecule has 0 amide bonds. The van der Waals surface area contributed by atoms with Crippen molar-refractivity contribution in [1.29, 1.82) is 0 Å². The molecule has 1 N–H and O–H groups in total. The van der Waals surface area contributed by atoms with Crippen molar-refractivity contribution in [3.63, 3.8) is 0 Å². The van der Waals surface area contributed by atoms with Crippen molar-refractivity contribution in [3.05, 3.63) is 60.4 Å². The Bertz CT molecular complexity index is 776. The average Bonchev–Trinajstić information content (AvgIpc) is 2.90. The van der Waals surface area contributed by atoms with E-state index in [9.17, 15) is 4.79 Å². The van der Waals surface area contributed by atoms with Gasteiger partial charge in [-0.2, -0.15) is 0 Å². The van der Waals surface area contributed by atoms with Crippen molar-refractivity contribution in [2.75, 3.05) is 11.9 Å². The minimum atomic E-state index is -0.933. The minimum absolute atomic E-state index is 0.266. The van der Waals surface area contributed by atoms with E-state index in [-0.39, 0.29) is 5.56 Å². The Labute approximate surface area is 115 Å². The highest BCUT2D eigenvalue weighted by Crippen LogP contribution is 2.32. The van der Waals surface area contributed by atoms with E-state index in [4.69, 9.17) is 9.52 Å². The average molecular weight is 267 g/mol. The van der Waals surface area contributed by atoms with E-state index in [2.05, 4.69) is 0 Å². The SMILES string of the molecule is CN(c1cccc(C(=O)O)c1)c1coc2ccccc12.